The van der Waals surface area contributed by atoms with Crippen molar-refractivity contribution in [2.24, 2.45) is 0 Å². The Morgan fingerprint density at radius 3 is 1.91 bits per heavy atom. The van der Waals surface area contributed by atoms with Crippen LogP contribution in [0.3, 0.4) is 0 Å². The second-order valence-corrected chi connectivity index (χ2v) is 8.92. The Balaban J connectivity index is 1.35. The summed E-state index contributed by atoms with van der Waals surface area (Å²) in [5.74, 6) is -0.481. The van der Waals surface area contributed by atoms with Gasteiger partial charge in [0.2, 0.25) is 0 Å². The highest BCUT2D eigenvalue weighted by Gasteiger charge is 2.34. The molecule has 3 aromatic rings. The van der Waals surface area contributed by atoms with Gasteiger partial charge in [0, 0.05) is 6.54 Å². The fraction of sp³-hybridized carbons (Fsp3) is 0.222. The first kappa shape index (κ1) is 21.5. The van der Waals surface area contributed by atoms with Crippen molar-refractivity contribution >= 4 is 17.8 Å². The number of hydrogen-bond acceptors (Lipinski definition) is 4. The van der Waals surface area contributed by atoms with Gasteiger partial charge in [-0.3, -0.25) is 14.5 Å². The van der Waals surface area contributed by atoms with E-state index in [0.717, 1.165) is 11.1 Å². The van der Waals surface area contributed by atoms with E-state index in [4.69, 9.17) is 4.74 Å². The molecule has 2 amide bonds. The lowest BCUT2D eigenvalue weighted by Crippen LogP contribution is -2.31. The summed E-state index contributed by atoms with van der Waals surface area (Å²) >= 11 is 0. The van der Waals surface area contributed by atoms with Gasteiger partial charge in [-0.1, -0.05) is 57.2 Å². The number of benzene rings is 3. The number of ether oxygens (including phenoxy) is 1. The van der Waals surface area contributed by atoms with Crippen molar-refractivity contribution in [3.63, 3.8) is 0 Å². The molecular formula is C27H25NO4. The number of carbonyl (C=O) groups is 3. The molecule has 0 saturated heterocycles. The lowest BCUT2D eigenvalue weighted by Gasteiger charge is -2.18. The number of rotatable bonds is 5. The van der Waals surface area contributed by atoms with Crippen molar-refractivity contribution in [2.45, 2.75) is 32.6 Å². The van der Waals surface area contributed by atoms with Crippen LogP contribution in [0.1, 0.15) is 63.0 Å². The minimum absolute atomic E-state index is 0.0192. The average Bonchev–Trinajstić information content (AvgIpc) is 3.03. The van der Waals surface area contributed by atoms with E-state index in [1.807, 2.05) is 24.3 Å². The molecule has 32 heavy (non-hydrogen) atoms. The van der Waals surface area contributed by atoms with Crippen LogP contribution in [0.25, 0.3) is 0 Å². The van der Waals surface area contributed by atoms with Crippen molar-refractivity contribution in [1.29, 1.82) is 0 Å². The number of nitrogens with zero attached hydrogens (tertiary/aromatic N) is 1. The van der Waals surface area contributed by atoms with E-state index >= 15 is 0 Å². The molecule has 0 N–H and O–H groups in total. The van der Waals surface area contributed by atoms with Crippen molar-refractivity contribution in [1.82, 2.24) is 4.90 Å². The molecule has 0 spiro atoms. The van der Waals surface area contributed by atoms with Crippen LogP contribution in [0, 0.1) is 0 Å². The van der Waals surface area contributed by atoms with Crippen LogP contribution >= 0.6 is 0 Å². The van der Waals surface area contributed by atoms with E-state index in [-0.39, 0.29) is 17.2 Å². The van der Waals surface area contributed by atoms with Crippen LogP contribution in [-0.4, -0.2) is 29.2 Å². The Bertz CT molecular complexity index is 1140. The molecular weight excluding hydrogens is 402 g/mol. The molecule has 0 atom stereocenters. The fourth-order valence-electron chi connectivity index (χ4n) is 3.68. The summed E-state index contributed by atoms with van der Waals surface area (Å²) in [5, 5.41) is 0. The minimum atomic E-state index is -0.413. The zero-order chi connectivity index (χ0) is 22.9. The minimum Gasteiger partial charge on any atom is -0.423 e. The van der Waals surface area contributed by atoms with Gasteiger partial charge in [-0.05, 0) is 59.4 Å². The van der Waals surface area contributed by atoms with Gasteiger partial charge in [-0.25, -0.2) is 4.79 Å². The van der Waals surface area contributed by atoms with Crippen molar-refractivity contribution in [3.8, 4) is 5.75 Å². The maximum atomic E-state index is 12.5. The lowest BCUT2D eigenvalue weighted by atomic mass is 9.87. The van der Waals surface area contributed by atoms with Crippen LogP contribution in [0.15, 0.2) is 72.8 Å². The predicted octanol–water partition coefficient (Wildman–Crippen LogP) is 5.04. The average molecular weight is 428 g/mol. The Labute approximate surface area is 187 Å². The maximum Gasteiger partial charge on any atom is 0.343 e. The summed E-state index contributed by atoms with van der Waals surface area (Å²) in [7, 11) is 0. The van der Waals surface area contributed by atoms with Crippen LogP contribution in [0.4, 0.5) is 0 Å². The largest absolute Gasteiger partial charge is 0.423 e. The summed E-state index contributed by atoms with van der Waals surface area (Å²) in [6, 6.07) is 21.4. The molecule has 0 radical (unpaired) electrons. The molecule has 4 rings (SSSR count). The summed E-state index contributed by atoms with van der Waals surface area (Å²) in [6.07, 6.45) is 0.522. The number of carbonyl (C=O) groups excluding carboxylic acids is 3. The van der Waals surface area contributed by atoms with E-state index in [1.54, 1.807) is 48.5 Å². The smallest absolute Gasteiger partial charge is 0.343 e. The van der Waals surface area contributed by atoms with Crippen LogP contribution in [-0.2, 0) is 11.8 Å². The van der Waals surface area contributed by atoms with E-state index in [2.05, 4.69) is 20.8 Å². The zero-order valence-electron chi connectivity index (χ0n) is 18.4. The van der Waals surface area contributed by atoms with Gasteiger partial charge in [-0.2, -0.15) is 0 Å². The van der Waals surface area contributed by atoms with E-state index in [0.29, 0.717) is 35.4 Å². The SMILES string of the molecule is CC(C)(C)c1ccc(C(=O)Oc2ccc(CCN3C(=O)c4ccccc4C3=O)cc2)cc1. The molecule has 0 bridgehead atoms. The Hall–Kier alpha value is -3.73. The summed E-state index contributed by atoms with van der Waals surface area (Å²) in [6.45, 7) is 6.66. The van der Waals surface area contributed by atoms with Gasteiger partial charge in [0.1, 0.15) is 5.75 Å². The lowest BCUT2D eigenvalue weighted by molar-refractivity contribution is 0.0654. The molecule has 1 heterocycles. The van der Waals surface area contributed by atoms with Gasteiger partial charge in [-0.15, -0.1) is 0 Å². The molecule has 3 aromatic carbocycles. The normalized spacial score (nSPS) is 13.3. The molecule has 0 fully saturated rings. The van der Waals surface area contributed by atoms with E-state index in [1.165, 1.54) is 4.90 Å². The summed E-state index contributed by atoms with van der Waals surface area (Å²) in [4.78, 5) is 38.6. The number of amides is 2. The van der Waals surface area contributed by atoms with Gasteiger partial charge in [0.25, 0.3) is 11.8 Å². The van der Waals surface area contributed by atoms with Gasteiger partial charge < -0.3 is 4.74 Å². The van der Waals surface area contributed by atoms with Gasteiger partial charge >= 0.3 is 5.97 Å². The molecule has 0 saturated carbocycles. The van der Waals surface area contributed by atoms with Gasteiger partial charge in [0.05, 0.1) is 16.7 Å². The second-order valence-electron chi connectivity index (χ2n) is 8.92. The predicted molar refractivity (Wildman–Crippen MR) is 122 cm³/mol. The number of esters is 1. The van der Waals surface area contributed by atoms with Crippen LogP contribution in [0.5, 0.6) is 5.75 Å². The Morgan fingerprint density at radius 2 is 1.38 bits per heavy atom. The topological polar surface area (TPSA) is 63.7 Å². The van der Waals surface area contributed by atoms with Crippen LogP contribution < -0.4 is 4.74 Å². The Morgan fingerprint density at radius 1 is 0.812 bits per heavy atom. The monoisotopic (exact) mass is 427 g/mol. The zero-order valence-corrected chi connectivity index (χ0v) is 18.4. The molecule has 5 heteroatoms. The number of fused-ring (bicyclic) bond motifs is 1. The highest BCUT2D eigenvalue weighted by atomic mass is 16.5. The second kappa shape index (κ2) is 8.42. The van der Waals surface area contributed by atoms with E-state index in [9.17, 15) is 14.4 Å². The first-order valence-electron chi connectivity index (χ1n) is 10.6. The molecule has 1 aliphatic rings. The first-order chi connectivity index (χ1) is 15.2. The molecule has 0 aliphatic carbocycles. The molecule has 0 unspecified atom stereocenters. The maximum absolute atomic E-state index is 12.5. The third kappa shape index (κ3) is 4.33. The quantitative estimate of drug-likeness (QED) is 0.325. The van der Waals surface area contributed by atoms with Crippen molar-refractivity contribution in [2.75, 3.05) is 6.54 Å². The standard InChI is InChI=1S/C27H25NO4/c1-27(2,3)20-12-10-19(11-13-20)26(31)32-21-14-8-18(9-15-21)16-17-28-24(29)22-6-4-5-7-23(22)25(28)30/h4-15H,16-17H2,1-3H3. The third-order valence-corrected chi connectivity index (χ3v) is 5.62. The highest BCUT2D eigenvalue weighted by molar-refractivity contribution is 6.21. The molecule has 1 aliphatic heterocycles. The third-order valence-electron chi connectivity index (χ3n) is 5.62. The van der Waals surface area contributed by atoms with Crippen molar-refractivity contribution in [3.05, 3.63) is 101 Å². The summed E-state index contributed by atoms with van der Waals surface area (Å²) in [5.41, 5.74) is 3.51. The molecule has 5 nitrogen and oxygen atoms in total. The molecule has 0 aromatic heterocycles. The van der Waals surface area contributed by atoms with Crippen molar-refractivity contribution < 1.29 is 19.1 Å². The van der Waals surface area contributed by atoms with Gasteiger partial charge in [0.15, 0.2) is 0 Å². The fourth-order valence-corrected chi connectivity index (χ4v) is 3.68. The first-order valence-corrected chi connectivity index (χ1v) is 10.6. The summed E-state index contributed by atoms with van der Waals surface area (Å²) < 4.78 is 5.48. The Kier molecular flexibility index (Phi) is 5.66. The van der Waals surface area contributed by atoms with E-state index < -0.39 is 5.97 Å². The number of imide groups is 1. The molecule has 162 valence electrons. The highest BCUT2D eigenvalue weighted by Crippen LogP contribution is 2.24. The number of hydrogen-bond donors (Lipinski definition) is 0. The van der Waals surface area contributed by atoms with Crippen LogP contribution in [0.2, 0.25) is 0 Å².